The molecule has 25 heavy (non-hydrogen) atoms. The van der Waals surface area contributed by atoms with Crippen LogP contribution in [0, 0.1) is 0 Å². The van der Waals surface area contributed by atoms with Gasteiger partial charge < -0.3 is 14.5 Å². The van der Waals surface area contributed by atoms with Crippen LogP contribution >= 0.6 is 7.60 Å². The van der Waals surface area contributed by atoms with Gasteiger partial charge in [-0.2, -0.15) is 8.42 Å². The maximum Gasteiger partial charge on any atom is 0.346 e. The topological polar surface area (TPSA) is 121 Å². The van der Waals surface area contributed by atoms with E-state index >= 15 is 0 Å². The fourth-order valence-electron chi connectivity index (χ4n) is 2.40. The van der Waals surface area contributed by atoms with Crippen molar-refractivity contribution < 1.29 is 32.1 Å². The van der Waals surface area contributed by atoms with Crippen molar-refractivity contribution in [2.75, 3.05) is 0 Å². The Hall–Kier alpha value is -1.70. The Morgan fingerprint density at radius 3 is 1.96 bits per heavy atom. The van der Waals surface area contributed by atoms with E-state index < -0.39 is 35.2 Å². The van der Waals surface area contributed by atoms with Gasteiger partial charge in [0.05, 0.1) is 0 Å². The molecule has 0 aromatic heterocycles. The van der Waals surface area contributed by atoms with Gasteiger partial charge in [0.1, 0.15) is 11.9 Å². The van der Waals surface area contributed by atoms with Crippen molar-refractivity contribution in [3.63, 3.8) is 0 Å². The molecule has 0 bridgehead atoms. The van der Waals surface area contributed by atoms with E-state index in [1.807, 2.05) is 6.07 Å². The molecule has 9 heteroatoms. The zero-order valence-electron chi connectivity index (χ0n) is 13.2. The molecule has 0 aliphatic carbocycles. The number of para-hydroxylation sites is 1. The van der Waals surface area contributed by atoms with E-state index in [4.69, 9.17) is 4.74 Å². The van der Waals surface area contributed by atoms with Crippen molar-refractivity contribution in [2.24, 2.45) is 0 Å². The highest BCUT2D eigenvalue weighted by Gasteiger charge is 2.42. The van der Waals surface area contributed by atoms with Gasteiger partial charge >= 0.3 is 7.60 Å². The van der Waals surface area contributed by atoms with Crippen molar-refractivity contribution in [1.82, 2.24) is 0 Å². The van der Waals surface area contributed by atoms with Crippen LogP contribution < -0.4 is 4.74 Å². The number of hydrogen-bond acceptors (Lipinski definition) is 4. The van der Waals surface area contributed by atoms with Gasteiger partial charge in [-0.3, -0.25) is 9.12 Å². The lowest BCUT2D eigenvalue weighted by Gasteiger charge is -2.24. The molecular formula is C16H19O7PS. The Kier molecular flexibility index (Phi) is 6.37. The van der Waals surface area contributed by atoms with Gasteiger partial charge in [-0.05, 0) is 17.7 Å². The lowest BCUT2D eigenvalue weighted by molar-refractivity contribution is 0.190. The first-order chi connectivity index (χ1) is 11.7. The smallest absolute Gasteiger partial charge is 0.346 e. The summed E-state index contributed by atoms with van der Waals surface area (Å²) < 4.78 is 49.3. The van der Waals surface area contributed by atoms with Crippen LogP contribution in [0.25, 0.3) is 0 Å². The maximum atomic E-state index is 11.5. The highest BCUT2D eigenvalue weighted by atomic mass is 32.2. The largest absolute Gasteiger partial charge is 0.490 e. The van der Waals surface area contributed by atoms with Gasteiger partial charge in [0.2, 0.25) is 0 Å². The molecule has 2 rings (SSSR count). The Balaban J connectivity index is 2.28. The molecule has 1 unspecified atom stereocenters. The summed E-state index contributed by atoms with van der Waals surface area (Å²) in [5.74, 6) is 0.434. The van der Waals surface area contributed by atoms with Crippen molar-refractivity contribution in [3.8, 4) is 5.75 Å². The number of rotatable bonds is 8. The van der Waals surface area contributed by atoms with Gasteiger partial charge in [-0.25, -0.2) is 0 Å². The monoisotopic (exact) mass is 386 g/mol. The molecule has 0 aliphatic heterocycles. The van der Waals surface area contributed by atoms with Crippen LogP contribution in [0.3, 0.4) is 0 Å². The van der Waals surface area contributed by atoms with Crippen LogP contribution in [0.2, 0.25) is 0 Å². The van der Waals surface area contributed by atoms with Crippen molar-refractivity contribution in [2.45, 2.75) is 23.9 Å². The molecule has 0 amide bonds. The van der Waals surface area contributed by atoms with E-state index in [1.54, 1.807) is 54.6 Å². The zero-order valence-corrected chi connectivity index (χ0v) is 14.9. The minimum Gasteiger partial charge on any atom is -0.490 e. The first-order valence-corrected chi connectivity index (χ1v) is 10.6. The highest BCUT2D eigenvalue weighted by molar-refractivity contribution is 7.93. The van der Waals surface area contributed by atoms with E-state index in [9.17, 15) is 27.3 Å². The molecule has 0 radical (unpaired) electrons. The standard InChI is InChI=1S/C16H19O7PS/c17-24(18,19)16(25(20,21)22)12-15(11-13-7-3-1-4-8-13)23-14-9-5-2-6-10-14/h1-10,15-16H,11-12H2,(H2,17,18,19)(H,20,21,22)/t15?,16-/m0/s1. The predicted molar refractivity (Wildman–Crippen MR) is 93.0 cm³/mol. The minimum absolute atomic E-state index is 0.224. The molecule has 2 atom stereocenters. The number of hydrogen-bond donors (Lipinski definition) is 3. The molecule has 3 N–H and O–H groups in total. The van der Waals surface area contributed by atoms with E-state index in [-0.39, 0.29) is 6.42 Å². The third-order valence-corrected chi connectivity index (χ3v) is 7.00. The van der Waals surface area contributed by atoms with Gasteiger partial charge in [0.25, 0.3) is 10.1 Å². The average molecular weight is 386 g/mol. The molecule has 0 aliphatic rings. The second-order valence-corrected chi connectivity index (χ2v) is 9.29. The van der Waals surface area contributed by atoms with Crippen LogP contribution in [0.1, 0.15) is 12.0 Å². The predicted octanol–water partition coefficient (Wildman–Crippen LogP) is 2.46. The Morgan fingerprint density at radius 2 is 1.48 bits per heavy atom. The summed E-state index contributed by atoms with van der Waals surface area (Å²) in [5, 5.41) is 0. The highest BCUT2D eigenvalue weighted by Crippen LogP contribution is 2.46. The van der Waals surface area contributed by atoms with E-state index in [0.29, 0.717) is 5.75 Å². The second-order valence-electron chi connectivity index (χ2n) is 5.54. The van der Waals surface area contributed by atoms with E-state index in [1.165, 1.54) is 0 Å². The molecule has 0 spiro atoms. The fourth-order valence-corrected chi connectivity index (χ4v) is 4.75. The number of benzene rings is 2. The summed E-state index contributed by atoms with van der Waals surface area (Å²) in [6, 6.07) is 17.5. The third-order valence-electron chi connectivity index (χ3n) is 3.54. The van der Waals surface area contributed by atoms with Gasteiger partial charge in [-0.1, -0.05) is 48.5 Å². The molecule has 2 aromatic carbocycles. The second kappa shape index (κ2) is 8.12. The normalized spacial score (nSPS) is 14.7. The molecule has 0 saturated heterocycles. The van der Waals surface area contributed by atoms with Crippen LogP contribution in [-0.4, -0.2) is 33.9 Å². The van der Waals surface area contributed by atoms with Crippen LogP contribution in [0.5, 0.6) is 5.75 Å². The van der Waals surface area contributed by atoms with E-state index in [2.05, 4.69) is 0 Å². The summed E-state index contributed by atoms with van der Waals surface area (Å²) >= 11 is 0. The lowest BCUT2D eigenvalue weighted by Crippen LogP contribution is -2.30. The molecule has 136 valence electrons. The zero-order chi connectivity index (χ0) is 18.5. The molecular weight excluding hydrogens is 367 g/mol. The summed E-state index contributed by atoms with van der Waals surface area (Å²) in [4.78, 5) is 16.4. The SMILES string of the molecule is O=P(O)(O)[C@H](CC(Cc1ccccc1)Oc1ccccc1)S(=O)(=O)O. The van der Waals surface area contributed by atoms with Crippen LogP contribution in [-0.2, 0) is 21.1 Å². The molecule has 0 heterocycles. The average Bonchev–Trinajstić information content (AvgIpc) is 2.52. The van der Waals surface area contributed by atoms with E-state index in [0.717, 1.165) is 5.56 Å². The summed E-state index contributed by atoms with van der Waals surface area (Å²) in [6.07, 6.45) is -1.18. The van der Waals surface area contributed by atoms with Crippen molar-refractivity contribution >= 4 is 17.7 Å². The van der Waals surface area contributed by atoms with Gasteiger partial charge in [0.15, 0.2) is 4.99 Å². The lowest BCUT2D eigenvalue weighted by atomic mass is 10.1. The summed E-state index contributed by atoms with van der Waals surface area (Å²) in [6.45, 7) is 0. The van der Waals surface area contributed by atoms with Crippen LogP contribution in [0.4, 0.5) is 0 Å². The van der Waals surface area contributed by atoms with Gasteiger partial charge in [0, 0.05) is 12.8 Å². The summed E-state index contributed by atoms with van der Waals surface area (Å²) in [5.41, 5.74) is 0.809. The first-order valence-electron chi connectivity index (χ1n) is 7.43. The van der Waals surface area contributed by atoms with Crippen molar-refractivity contribution in [1.29, 1.82) is 0 Å². The van der Waals surface area contributed by atoms with Gasteiger partial charge in [-0.15, -0.1) is 0 Å². The fraction of sp³-hybridized carbons (Fsp3) is 0.250. The first kappa shape index (κ1) is 19.6. The molecule has 2 aromatic rings. The van der Waals surface area contributed by atoms with Crippen LogP contribution in [0.15, 0.2) is 60.7 Å². The molecule has 7 nitrogen and oxygen atoms in total. The molecule has 0 saturated carbocycles. The third kappa shape index (κ3) is 6.26. The molecule has 0 fully saturated rings. The summed E-state index contributed by atoms with van der Waals surface area (Å²) in [7, 11) is -10.0. The quantitative estimate of drug-likeness (QED) is 0.471. The Morgan fingerprint density at radius 1 is 0.960 bits per heavy atom. The maximum absolute atomic E-state index is 11.5. The number of ether oxygens (including phenoxy) is 1. The minimum atomic E-state index is -5.08. The Labute approximate surface area is 146 Å². The Bertz CT molecular complexity index is 777. The van der Waals surface area contributed by atoms with Crippen molar-refractivity contribution in [3.05, 3.63) is 66.2 Å².